The average molecular weight is 225 g/mol. The molecule has 2 aliphatic rings. The van der Waals surface area contributed by atoms with E-state index in [4.69, 9.17) is 4.74 Å². The third kappa shape index (κ3) is 2.98. The second-order valence-corrected chi connectivity index (χ2v) is 5.63. The van der Waals surface area contributed by atoms with Gasteiger partial charge in [-0.2, -0.15) is 0 Å². The van der Waals surface area contributed by atoms with Crippen molar-refractivity contribution in [2.75, 3.05) is 7.05 Å². The van der Waals surface area contributed by atoms with E-state index in [9.17, 15) is 0 Å². The van der Waals surface area contributed by atoms with E-state index < -0.39 is 0 Å². The smallest absolute Gasteiger partial charge is 0.0735 e. The van der Waals surface area contributed by atoms with Crippen molar-refractivity contribution >= 4 is 0 Å². The molecule has 2 heteroatoms. The van der Waals surface area contributed by atoms with Gasteiger partial charge in [0.25, 0.3) is 0 Å². The largest absolute Gasteiger partial charge is 0.374 e. The molecule has 0 bridgehead atoms. The van der Waals surface area contributed by atoms with Crippen molar-refractivity contribution in [1.82, 2.24) is 5.32 Å². The number of nitrogens with one attached hydrogen (secondary N) is 1. The Morgan fingerprint density at radius 1 is 1.00 bits per heavy atom. The second kappa shape index (κ2) is 6.02. The van der Waals surface area contributed by atoms with E-state index in [-0.39, 0.29) is 0 Å². The quantitative estimate of drug-likeness (QED) is 0.745. The van der Waals surface area contributed by atoms with Crippen LogP contribution in [0.1, 0.15) is 58.3 Å². The third-order valence-electron chi connectivity index (χ3n) is 4.41. The van der Waals surface area contributed by atoms with Crippen LogP contribution < -0.4 is 5.32 Å². The Bertz CT molecular complexity index is 199. The van der Waals surface area contributed by atoms with Crippen molar-refractivity contribution in [3.63, 3.8) is 0 Å². The lowest BCUT2D eigenvalue weighted by Gasteiger charge is -2.30. The first kappa shape index (κ1) is 12.4. The summed E-state index contributed by atoms with van der Waals surface area (Å²) in [6.07, 6.45) is 12.0. The zero-order valence-electron chi connectivity index (χ0n) is 10.9. The van der Waals surface area contributed by atoms with Crippen LogP contribution in [0.15, 0.2) is 0 Å². The molecule has 0 spiro atoms. The summed E-state index contributed by atoms with van der Waals surface area (Å²) in [4.78, 5) is 0. The lowest BCUT2D eigenvalue weighted by molar-refractivity contribution is 0.0171. The molecule has 2 nitrogen and oxygen atoms in total. The van der Waals surface area contributed by atoms with Crippen molar-refractivity contribution < 1.29 is 4.74 Å². The highest BCUT2D eigenvalue weighted by Crippen LogP contribution is 2.31. The molecule has 2 rings (SSSR count). The van der Waals surface area contributed by atoms with Gasteiger partial charge in [-0.05, 0) is 45.6 Å². The maximum absolute atomic E-state index is 6.05. The van der Waals surface area contributed by atoms with Crippen molar-refractivity contribution in [3.05, 3.63) is 0 Å². The Morgan fingerprint density at radius 2 is 1.69 bits per heavy atom. The van der Waals surface area contributed by atoms with Gasteiger partial charge in [0.05, 0.1) is 12.2 Å². The first-order valence-electron chi connectivity index (χ1n) is 7.14. The van der Waals surface area contributed by atoms with Gasteiger partial charge >= 0.3 is 0 Å². The van der Waals surface area contributed by atoms with Gasteiger partial charge in [0.2, 0.25) is 0 Å². The normalized spacial score (nSPS) is 34.9. The summed E-state index contributed by atoms with van der Waals surface area (Å²) in [6.45, 7) is 2.21. The van der Waals surface area contributed by atoms with Crippen LogP contribution in [0.5, 0.6) is 0 Å². The Balaban J connectivity index is 1.92. The standard InChI is InChI=1S/C14H27NO/c1-11-9-10-13(16-11)14(15-2)12-7-5-3-4-6-8-12/h11-15H,3-10H2,1-2H3. The second-order valence-electron chi connectivity index (χ2n) is 5.63. The Morgan fingerprint density at radius 3 is 2.19 bits per heavy atom. The number of rotatable bonds is 3. The zero-order valence-corrected chi connectivity index (χ0v) is 10.9. The monoisotopic (exact) mass is 225 g/mol. The molecule has 1 aliphatic carbocycles. The minimum atomic E-state index is 0.475. The molecule has 1 N–H and O–H groups in total. The molecule has 0 aromatic rings. The average Bonchev–Trinajstić information content (AvgIpc) is 2.55. The molecule has 0 aromatic heterocycles. The summed E-state index contributed by atoms with van der Waals surface area (Å²) in [5, 5.41) is 3.54. The van der Waals surface area contributed by atoms with E-state index in [1.807, 2.05) is 0 Å². The molecule has 1 saturated carbocycles. The van der Waals surface area contributed by atoms with E-state index in [0.29, 0.717) is 18.2 Å². The van der Waals surface area contributed by atoms with Gasteiger partial charge in [0.15, 0.2) is 0 Å². The predicted molar refractivity (Wildman–Crippen MR) is 67.6 cm³/mol. The summed E-state index contributed by atoms with van der Waals surface area (Å²) in [6, 6.07) is 0.600. The molecule has 0 aromatic carbocycles. The van der Waals surface area contributed by atoms with Crippen LogP contribution in [0.3, 0.4) is 0 Å². The molecule has 1 saturated heterocycles. The van der Waals surface area contributed by atoms with E-state index >= 15 is 0 Å². The van der Waals surface area contributed by atoms with Crippen molar-refractivity contribution in [3.8, 4) is 0 Å². The molecule has 1 aliphatic heterocycles. The molecular weight excluding hydrogens is 198 g/mol. The summed E-state index contributed by atoms with van der Waals surface area (Å²) < 4.78 is 6.05. The van der Waals surface area contributed by atoms with Gasteiger partial charge in [0, 0.05) is 6.04 Å². The fraction of sp³-hybridized carbons (Fsp3) is 1.00. The van der Waals surface area contributed by atoms with Gasteiger partial charge < -0.3 is 10.1 Å². The van der Waals surface area contributed by atoms with Crippen LogP contribution in [0.25, 0.3) is 0 Å². The van der Waals surface area contributed by atoms with Crippen molar-refractivity contribution in [2.45, 2.75) is 76.5 Å². The highest BCUT2D eigenvalue weighted by Gasteiger charge is 2.33. The lowest BCUT2D eigenvalue weighted by Crippen LogP contribution is -2.43. The fourth-order valence-corrected chi connectivity index (χ4v) is 3.49. The first-order chi connectivity index (χ1) is 7.81. The topological polar surface area (TPSA) is 21.3 Å². The summed E-state index contributed by atoms with van der Waals surface area (Å²) in [7, 11) is 2.11. The van der Waals surface area contributed by atoms with Crippen LogP contribution in [-0.2, 0) is 4.74 Å². The van der Waals surface area contributed by atoms with E-state index in [0.717, 1.165) is 5.92 Å². The maximum Gasteiger partial charge on any atom is 0.0735 e. The van der Waals surface area contributed by atoms with E-state index in [1.165, 1.54) is 51.4 Å². The number of ether oxygens (including phenoxy) is 1. The molecule has 2 fully saturated rings. The van der Waals surface area contributed by atoms with Gasteiger partial charge in [-0.25, -0.2) is 0 Å². The third-order valence-corrected chi connectivity index (χ3v) is 4.41. The predicted octanol–water partition coefficient (Wildman–Crippen LogP) is 3.11. The molecule has 3 atom stereocenters. The van der Waals surface area contributed by atoms with Crippen LogP contribution in [0, 0.1) is 5.92 Å². The molecule has 94 valence electrons. The minimum absolute atomic E-state index is 0.475. The van der Waals surface area contributed by atoms with Crippen LogP contribution in [-0.4, -0.2) is 25.3 Å². The van der Waals surface area contributed by atoms with E-state index in [1.54, 1.807) is 0 Å². The molecular formula is C14H27NO. The van der Waals surface area contributed by atoms with Gasteiger partial charge in [-0.1, -0.05) is 25.7 Å². The van der Waals surface area contributed by atoms with E-state index in [2.05, 4.69) is 19.3 Å². The maximum atomic E-state index is 6.05. The first-order valence-corrected chi connectivity index (χ1v) is 7.14. The molecule has 3 unspecified atom stereocenters. The number of hydrogen-bond acceptors (Lipinski definition) is 2. The highest BCUT2D eigenvalue weighted by molar-refractivity contribution is 4.87. The number of likely N-dealkylation sites (N-methyl/N-ethyl adjacent to an activating group) is 1. The molecule has 0 radical (unpaired) electrons. The van der Waals surface area contributed by atoms with Gasteiger partial charge in [-0.15, -0.1) is 0 Å². The van der Waals surface area contributed by atoms with Gasteiger partial charge in [-0.3, -0.25) is 0 Å². The van der Waals surface area contributed by atoms with Gasteiger partial charge in [0.1, 0.15) is 0 Å². The number of hydrogen-bond donors (Lipinski definition) is 1. The zero-order chi connectivity index (χ0) is 11.4. The van der Waals surface area contributed by atoms with Crippen LogP contribution in [0.4, 0.5) is 0 Å². The molecule has 0 amide bonds. The molecule has 16 heavy (non-hydrogen) atoms. The van der Waals surface area contributed by atoms with Crippen LogP contribution >= 0.6 is 0 Å². The summed E-state index contributed by atoms with van der Waals surface area (Å²) in [5.41, 5.74) is 0. The minimum Gasteiger partial charge on any atom is -0.374 e. The lowest BCUT2D eigenvalue weighted by atomic mass is 9.87. The summed E-state index contributed by atoms with van der Waals surface area (Å²) >= 11 is 0. The SMILES string of the molecule is CNC(C1CCCCCC1)C1CCC(C)O1. The van der Waals surface area contributed by atoms with Crippen molar-refractivity contribution in [2.24, 2.45) is 5.92 Å². The Kier molecular flexibility index (Phi) is 4.66. The van der Waals surface area contributed by atoms with Crippen LogP contribution in [0.2, 0.25) is 0 Å². The molecule has 1 heterocycles. The fourth-order valence-electron chi connectivity index (χ4n) is 3.49. The highest BCUT2D eigenvalue weighted by atomic mass is 16.5. The summed E-state index contributed by atoms with van der Waals surface area (Å²) in [5.74, 6) is 0.850. The van der Waals surface area contributed by atoms with Crippen molar-refractivity contribution in [1.29, 1.82) is 0 Å². The Labute approximate surface area is 100 Å². The Hall–Kier alpha value is -0.0800.